The summed E-state index contributed by atoms with van der Waals surface area (Å²) in [5, 5.41) is 10.6. The molecule has 0 aromatic heterocycles. The Morgan fingerprint density at radius 2 is 1.56 bits per heavy atom. The van der Waals surface area contributed by atoms with Crippen molar-refractivity contribution in [2.75, 3.05) is 33.0 Å². The average Bonchev–Trinajstić information content (AvgIpc) is 3.52. The molecule has 7 nitrogen and oxygen atoms in total. The first-order valence-corrected chi connectivity index (χ1v) is 14.4. The topological polar surface area (TPSA) is 79.3 Å². The lowest BCUT2D eigenvalue weighted by Crippen LogP contribution is -2.42. The largest absolute Gasteiger partial charge is 0.481 e. The van der Waals surface area contributed by atoms with Gasteiger partial charge in [-0.2, -0.15) is 0 Å². The van der Waals surface area contributed by atoms with Crippen LogP contribution in [0.5, 0.6) is 11.5 Å². The molecule has 2 aromatic carbocycles. The summed E-state index contributed by atoms with van der Waals surface area (Å²) < 4.78 is 11.1. The average molecular weight is 537 g/mol. The quantitative estimate of drug-likeness (QED) is 0.380. The number of unbranched alkanes of at least 4 members (excludes halogenated alkanes) is 2. The van der Waals surface area contributed by atoms with Gasteiger partial charge in [0.15, 0.2) is 11.5 Å². The Hall–Kier alpha value is -3.06. The SMILES string of the molecule is CCCCN(CCCC)C(=O)CN1CC(c2ccc3c(c2)OCO3)C(C(=O)O)C1c1ccc(C(C)(C)C)cc1. The van der Waals surface area contributed by atoms with Gasteiger partial charge in [-0.1, -0.05) is 77.8 Å². The minimum Gasteiger partial charge on any atom is -0.481 e. The molecular formula is C32H44N2O5. The molecule has 0 bridgehead atoms. The Bertz CT molecular complexity index is 1130. The highest BCUT2D eigenvalue weighted by molar-refractivity contribution is 5.79. The number of fused-ring (bicyclic) bond motifs is 1. The maximum Gasteiger partial charge on any atom is 0.309 e. The Morgan fingerprint density at radius 3 is 2.15 bits per heavy atom. The predicted octanol–water partition coefficient (Wildman–Crippen LogP) is 5.98. The monoisotopic (exact) mass is 536 g/mol. The van der Waals surface area contributed by atoms with E-state index in [4.69, 9.17) is 9.47 Å². The van der Waals surface area contributed by atoms with Crippen molar-refractivity contribution in [2.24, 2.45) is 5.92 Å². The van der Waals surface area contributed by atoms with E-state index in [1.54, 1.807) is 0 Å². The van der Waals surface area contributed by atoms with Crippen molar-refractivity contribution < 1.29 is 24.2 Å². The van der Waals surface area contributed by atoms with Crippen molar-refractivity contribution in [3.8, 4) is 11.5 Å². The second-order valence-corrected chi connectivity index (χ2v) is 11.9. The number of benzene rings is 2. The van der Waals surface area contributed by atoms with E-state index in [0.717, 1.165) is 49.9 Å². The Morgan fingerprint density at radius 1 is 0.949 bits per heavy atom. The van der Waals surface area contributed by atoms with Gasteiger partial charge in [0, 0.05) is 31.6 Å². The molecule has 4 rings (SSSR count). The molecule has 1 amide bonds. The number of carboxylic acid groups (broad SMARTS) is 1. The van der Waals surface area contributed by atoms with E-state index in [1.807, 2.05) is 35.2 Å². The van der Waals surface area contributed by atoms with Crippen molar-refractivity contribution in [2.45, 2.75) is 77.7 Å². The highest BCUT2D eigenvalue weighted by Gasteiger charge is 2.48. The van der Waals surface area contributed by atoms with E-state index in [2.05, 4.69) is 51.7 Å². The summed E-state index contributed by atoms with van der Waals surface area (Å²) in [4.78, 5) is 30.6. The highest BCUT2D eigenvalue weighted by atomic mass is 16.7. The molecule has 3 atom stereocenters. The van der Waals surface area contributed by atoms with Crippen molar-refractivity contribution in [3.05, 3.63) is 59.2 Å². The van der Waals surface area contributed by atoms with Gasteiger partial charge in [-0.15, -0.1) is 0 Å². The minimum atomic E-state index is -0.855. The van der Waals surface area contributed by atoms with E-state index < -0.39 is 17.9 Å². The van der Waals surface area contributed by atoms with Crippen molar-refractivity contribution in [1.82, 2.24) is 9.80 Å². The number of aliphatic carboxylic acids is 1. The smallest absolute Gasteiger partial charge is 0.309 e. The van der Waals surface area contributed by atoms with E-state index in [-0.39, 0.29) is 30.6 Å². The first kappa shape index (κ1) is 28.9. The molecule has 2 aliphatic rings. The molecule has 1 N–H and O–H groups in total. The lowest BCUT2D eigenvalue weighted by Gasteiger charge is -2.30. The zero-order valence-electron chi connectivity index (χ0n) is 24.1. The van der Waals surface area contributed by atoms with Gasteiger partial charge < -0.3 is 19.5 Å². The summed E-state index contributed by atoms with van der Waals surface area (Å²) in [6.07, 6.45) is 3.97. The first-order chi connectivity index (χ1) is 18.6. The summed E-state index contributed by atoms with van der Waals surface area (Å²) in [5.74, 6) is -0.472. The van der Waals surface area contributed by atoms with Crippen LogP contribution in [0.4, 0.5) is 0 Å². The Labute approximate surface area is 233 Å². The summed E-state index contributed by atoms with van der Waals surface area (Å²) in [6, 6.07) is 13.6. The fourth-order valence-corrected chi connectivity index (χ4v) is 5.78. The standard InChI is InChI=1S/C32H44N2O5/c1-6-8-16-33(17-9-7-2)28(35)20-34-19-25(23-12-15-26-27(18-23)39-21-38-26)29(31(36)37)30(34)22-10-13-24(14-11-22)32(3,4)5/h10-15,18,25,29-30H,6-9,16-17,19-21H2,1-5H3,(H,36,37). The molecule has 1 saturated heterocycles. The molecule has 0 radical (unpaired) electrons. The summed E-state index contributed by atoms with van der Waals surface area (Å²) in [5.41, 5.74) is 3.01. The second kappa shape index (κ2) is 12.4. The van der Waals surface area contributed by atoms with Crippen LogP contribution in [-0.2, 0) is 15.0 Å². The molecule has 1 fully saturated rings. The van der Waals surface area contributed by atoms with Gasteiger partial charge in [-0.05, 0) is 47.1 Å². The summed E-state index contributed by atoms with van der Waals surface area (Å²) >= 11 is 0. The van der Waals surface area contributed by atoms with E-state index in [0.29, 0.717) is 18.0 Å². The van der Waals surface area contributed by atoms with E-state index in [1.165, 1.54) is 5.56 Å². The van der Waals surface area contributed by atoms with Crippen LogP contribution in [0.2, 0.25) is 0 Å². The van der Waals surface area contributed by atoms with Crippen molar-refractivity contribution >= 4 is 11.9 Å². The van der Waals surface area contributed by atoms with Gasteiger partial charge in [0.05, 0.1) is 12.5 Å². The number of hydrogen-bond donors (Lipinski definition) is 1. The number of carboxylic acids is 1. The van der Waals surface area contributed by atoms with Crippen LogP contribution in [-0.4, -0.2) is 59.8 Å². The van der Waals surface area contributed by atoms with Gasteiger partial charge in [0.2, 0.25) is 12.7 Å². The van der Waals surface area contributed by atoms with Crippen LogP contribution in [0.1, 0.15) is 89.0 Å². The third-order valence-electron chi connectivity index (χ3n) is 8.08. The Kier molecular flexibility index (Phi) is 9.21. The zero-order chi connectivity index (χ0) is 28.2. The number of ether oxygens (including phenoxy) is 2. The predicted molar refractivity (Wildman–Crippen MR) is 152 cm³/mol. The number of carbonyl (C=O) groups is 2. The molecule has 0 aliphatic carbocycles. The number of likely N-dealkylation sites (tertiary alicyclic amines) is 1. The van der Waals surface area contributed by atoms with Crippen LogP contribution < -0.4 is 9.47 Å². The molecule has 2 aliphatic heterocycles. The van der Waals surface area contributed by atoms with Gasteiger partial charge in [0.1, 0.15) is 0 Å². The first-order valence-electron chi connectivity index (χ1n) is 14.4. The number of carbonyl (C=O) groups excluding carboxylic acids is 1. The van der Waals surface area contributed by atoms with Gasteiger partial charge in [-0.3, -0.25) is 14.5 Å². The fourth-order valence-electron chi connectivity index (χ4n) is 5.78. The maximum atomic E-state index is 13.6. The number of rotatable bonds is 11. The van der Waals surface area contributed by atoms with Crippen LogP contribution in [0.15, 0.2) is 42.5 Å². The summed E-state index contributed by atoms with van der Waals surface area (Å²) in [6.45, 7) is 13.1. The Balaban J connectivity index is 1.69. The van der Waals surface area contributed by atoms with Crippen LogP contribution >= 0.6 is 0 Å². The van der Waals surface area contributed by atoms with Gasteiger partial charge in [-0.25, -0.2) is 0 Å². The van der Waals surface area contributed by atoms with Crippen LogP contribution in [0.3, 0.4) is 0 Å². The molecule has 0 saturated carbocycles. The molecule has 3 unspecified atom stereocenters. The molecule has 2 aromatic rings. The lowest BCUT2D eigenvalue weighted by atomic mass is 9.81. The van der Waals surface area contributed by atoms with E-state index in [9.17, 15) is 14.7 Å². The fraction of sp³-hybridized carbons (Fsp3) is 0.562. The van der Waals surface area contributed by atoms with Crippen LogP contribution in [0.25, 0.3) is 0 Å². The van der Waals surface area contributed by atoms with Crippen LogP contribution in [0, 0.1) is 5.92 Å². The third kappa shape index (κ3) is 6.57. The van der Waals surface area contributed by atoms with E-state index >= 15 is 0 Å². The molecule has 2 heterocycles. The number of amides is 1. The normalized spacial score (nSPS) is 20.8. The van der Waals surface area contributed by atoms with Gasteiger partial charge >= 0.3 is 5.97 Å². The zero-order valence-corrected chi connectivity index (χ0v) is 24.1. The third-order valence-corrected chi connectivity index (χ3v) is 8.08. The number of nitrogens with zero attached hydrogens (tertiary/aromatic N) is 2. The minimum absolute atomic E-state index is 0.00978. The van der Waals surface area contributed by atoms with Gasteiger partial charge in [0.25, 0.3) is 0 Å². The molecular weight excluding hydrogens is 492 g/mol. The lowest BCUT2D eigenvalue weighted by molar-refractivity contribution is -0.144. The second-order valence-electron chi connectivity index (χ2n) is 11.9. The molecule has 212 valence electrons. The molecule has 0 spiro atoms. The van der Waals surface area contributed by atoms with Crippen molar-refractivity contribution in [3.63, 3.8) is 0 Å². The highest BCUT2D eigenvalue weighted by Crippen LogP contribution is 2.47. The maximum absolute atomic E-state index is 13.6. The number of hydrogen-bond acceptors (Lipinski definition) is 5. The van der Waals surface area contributed by atoms with Crippen molar-refractivity contribution in [1.29, 1.82) is 0 Å². The molecule has 39 heavy (non-hydrogen) atoms. The summed E-state index contributed by atoms with van der Waals surface area (Å²) in [7, 11) is 0. The molecule has 7 heteroatoms.